The Morgan fingerprint density at radius 3 is 2.42 bits per heavy atom. The van der Waals surface area contributed by atoms with Gasteiger partial charge in [-0.3, -0.25) is 0 Å². The number of carboxylic acids is 1. The van der Waals surface area contributed by atoms with E-state index in [4.69, 9.17) is 4.74 Å². The van der Waals surface area contributed by atoms with Crippen LogP contribution in [-0.2, 0) is 11.2 Å². The number of hydrogen-bond donors (Lipinski definition) is 2. The van der Waals surface area contributed by atoms with Crippen molar-refractivity contribution in [2.24, 2.45) is 0 Å². The number of aliphatic carboxylic acids is 1. The predicted octanol–water partition coefficient (Wildman–Crippen LogP) is 2.88. The molecule has 0 amide bonds. The van der Waals surface area contributed by atoms with Crippen LogP contribution >= 0.6 is 0 Å². The van der Waals surface area contributed by atoms with Crippen LogP contribution in [0.1, 0.15) is 42.0 Å². The molecular formula is C15H20O4. The van der Waals surface area contributed by atoms with E-state index in [2.05, 4.69) is 0 Å². The average Bonchev–Trinajstić information content (AvgIpc) is 2.54. The van der Waals surface area contributed by atoms with Crippen molar-refractivity contribution in [3.63, 3.8) is 0 Å². The summed E-state index contributed by atoms with van der Waals surface area (Å²) in [6.07, 6.45) is 1.94. The third-order valence-corrected chi connectivity index (χ3v) is 4.20. The molecule has 0 bridgehead atoms. The fourth-order valence-corrected chi connectivity index (χ4v) is 2.64. The lowest BCUT2D eigenvalue weighted by Gasteiger charge is -2.26. The smallest absolute Gasteiger partial charge is 0.347 e. The van der Waals surface area contributed by atoms with Crippen molar-refractivity contribution in [3.05, 3.63) is 22.3 Å². The molecular weight excluding hydrogens is 244 g/mol. The Kier molecular flexibility index (Phi) is 3.20. The maximum Gasteiger partial charge on any atom is 0.347 e. The van der Waals surface area contributed by atoms with Crippen LogP contribution in [0.3, 0.4) is 0 Å². The van der Waals surface area contributed by atoms with Crippen molar-refractivity contribution >= 4 is 5.97 Å². The molecule has 104 valence electrons. The molecule has 0 radical (unpaired) electrons. The summed E-state index contributed by atoms with van der Waals surface area (Å²) in [6, 6.07) is 0. The molecule has 1 unspecified atom stereocenters. The number of phenolic OH excluding ortho intramolecular Hbond substituents is 1. The number of carboxylic acid groups (broad SMARTS) is 1. The lowest BCUT2D eigenvalue weighted by molar-refractivity contribution is -0.154. The first-order valence-corrected chi connectivity index (χ1v) is 6.52. The molecule has 0 aliphatic carbocycles. The minimum Gasteiger partial charge on any atom is -0.507 e. The van der Waals surface area contributed by atoms with Crippen LogP contribution in [0.15, 0.2) is 0 Å². The number of fused-ring (bicyclic) bond motifs is 1. The van der Waals surface area contributed by atoms with Gasteiger partial charge in [-0.15, -0.1) is 0 Å². The van der Waals surface area contributed by atoms with Gasteiger partial charge < -0.3 is 14.9 Å². The Morgan fingerprint density at radius 2 is 1.84 bits per heavy atom. The van der Waals surface area contributed by atoms with Gasteiger partial charge in [0.2, 0.25) is 5.60 Å². The average molecular weight is 264 g/mol. The van der Waals surface area contributed by atoms with Crippen LogP contribution in [0.5, 0.6) is 11.5 Å². The van der Waals surface area contributed by atoms with E-state index in [1.807, 2.05) is 20.8 Å². The van der Waals surface area contributed by atoms with Crippen molar-refractivity contribution < 1.29 is 19.7 Å². The Bertz CT molecular complexity index is 548. The second kappa shape index (κ2) is 4.44. The van der Waals surface area contributed by atoms with Crippen molar-refractivity contribution in [3.8, 4) is 11.5 Å². The van der Waals surface area contributed by atoms with Crippen molar-refractivity contribution in [1.29, 1.82) is 0 Å². The molecule has 2 N–H and O–H groups in total. The second-order valence-corrected chi connectivity index (χ2v) is 5.52. The fraction of sp³-hybridized carbons (Fsp3) is 0.533. The van der Waals surface area contributed by atoms with Crippen LogP contribution in [-0.4, -0.2) is 21.8 Å². The lowest BCUT2D eigenvalue weighted by Crippen LogP contribution is -2.41. The van der Waals surface area contributed by atoms with E-state index in [9.17, 15) is 15.0 Å². The summed E-state index contributed by atoms with van der Waals surface area (Å²) < 4.78 is 5.84. The van der Waals surface area contributed by atoms with E-state index in [-0.39, 0.29) is 0 Å². The van der Waals surface area contributed by atoms with Gasteiger partial charge in [-0.2, -0.15) is 0 Å². The van der Waals surface area contributed by atoms with E-state index < -0.39 is 11.6 Å². The zero-order chi connectivity index (χ0) is 14.4. The Morgan fingerprint density at radius 1 is 1.21 bits per heavy atom. The summed E-state index contributed by atoms with van der Waals surface area (Å²) in [7, 11) is 0. The van der Waals surface area contributed by atoms with Gasteiger partial charge >= 0.3 is 5.97 Å². The highest BCUT2D eigenvalue weighted by Crippen LogP contribution is 2.42. The quantitative estimate of drug-likeness (QED) is 0.818. The molecule has 4 nitrogen and oxygen atoms in total. The molecule has 1 aromatic rings. The van der Waals surface area contributed by atoms with Gasteiger partial charge in [-0.25, -0.2) is 4.79 Å². The minimum absolute atomic E-state index is 0.291. The van der Waals surface area contributed by atoms with Crippen LogP contribution in [0.4, 0.5) is 0 Å². The predicted molar refractivity (Wildman–Crippen MR) is 71.9 cm³/mol. The maximum atomic E-state index is 11.4. The topological polar surface area (TPSA) is 66.8 Å². The normalized spacial score (nSPS) is 22.3. The molecule has 0 saturated carbocycles. The number of benzene rings is 1. The first kappa shape index (κ1) is 13.7. The zero-order valence-electron chi connectivity index (χ0n) is 11.8. The highest BCUT2D eigenvalue weighted by Gasteiger charge is 2.38. The van der Waals surface area contributed by atoms with E-state index in [1.165, 1.54) is 0 Å². The number of rotatable bonds is 1. The van der Waals surface area contributed by atoms with Crippen LogP contribution in [0.25, 0.3) is 0 Å². The van der Waals surface area contributed by atoms with Gasteiger partial charge in [0.25, 0.3) is 0 Å². The number of carbonyl (C=O) groups is 1. The molecule has 0 aromatic heterocycles. The van der Waals surface area contributed by atoms with Crippen LogP contribution in [0.2, 0.25) is 0 Å². The lowest BCUT2D eigenvalue weighted by atomic mass is 9.94. The Labute approximate surface area is 113 Å². The molecule has 0 saturated heterocycles. The molecule has 1 heterocycles. The van der Waals surface area contributed by atoms with Gasteiger partial charge in [0, 0.05) is 5.56 Å². The summed E-state index contributed by atoms with van der Waals surface area (Å²) in [5.74, 6) is -0.0166. The molecule has 1 aliphatic heterocycles. The molecule has 1 atom stereocenters. The van der Waals surface area contributed by atoms with E-state index in [0.29, 0.717) is 17.9 Å². The van der Waals surface area contributed by atoms with Gasteiger partial charge in [0.05, 0.1) is 0 Å². The number of hydrogen-bond acceptors (Lipinski definition) is 3. The van der Waals surface area contributed by atoms with E-state index >= 15 is 0 Å². The molecule has 4 heteroatoms. The summed E-state index contributed by atoms with van der Waals surface area (Å²) in [5.41, 5.74) is 2.13. The summed E-state index contributed by atoms with van der Waals surface area (Å²) in [6.45, 7) is 7.15. The van der Waals surface area contributed by atoms with E-state index in [1.54, 1.807) is 6.92 Å². The van der Waals surface area contributed by atoms with Crippen molar-refractivity contribution in [2.45, 2.75) is 52.6 Å². The summed E-state index contributed by atoms with van der Waals surface area (Å²) in [4.78, 5) is 11.4. The first-order chi connectivity index (χ1) is 8.78. The first-order valence-electron chi connectivity index (χ1n) is 6.52. The molecule has 2 rings (SSSR count). The molecule has 19 heavy (non-hydrogen) atoms. The summed E-state index contributed by atoms with van der Waals surface area (Å²) >= 11 is 0. The third kappa shape index (κ3) is 2.05. The SMILES string of the molecule is Cc1c(C)c2c(c(C)c1O)CCCC(C)(C(=O)O)O2. The molecule has 1 aliphatic rings. The Balaban J connectivity index is 2.64. The Hall–Kier alpha value is -1.71. The molecule has 0 fully saturated rings. The van der Waals surface area contributed by atoms with Crippen molar-refractivity contribution in [2.75, 3.05) is 0 Å². The largest absolute Gasteiger partial charge is 0.507 e. The fourth-order valence-electron chi connectivity index (χ4n) is 2.64. The van der Waals surface area contributed by atoms with Gasteiger partial charge in [0.15, 0.2) is 0 Å². The van der Waals surface area contributed by atoms with Crippen molar-refractivity contribution in [1.82, 2.24) is 0 Å². The third-order valence-electron chi connectivity index (χ3n) is 4.20. The standard InChI is InChI=1S/C15H20O4/c1-8-9(2)13-11(10(3)12(8)16)6-5-7-15(4,19-13)14(17)18/h16H,5-7H2,1-4H3,(H,17,18). The number of aromatic hydroxyl groups is 1. The highest BCUT2D eigenvalue weighted by atomic mass is 16.5. The molecule has 1 aromatic carbocycles. The van der Waals surface area contributed by atoms with E-state index in [0.717, 1.165) is 35.1 Å². The molecule has 0 spiro atoms. The zero-order valence-corrected chi connectivity index (χ0v) is 11.8. The van der Waals surface area contributed by atoms with Crippen LogP contribution < -0.4 is 4.74 Å². The monoisotopic (exact) mass is 264 g/mol. The second-order valence-electron chi connectivity index (χ2n) is 5.52. The number of phenols is 1. The van der Waals surface area contributed by atoms with Crippen LogP contribution in [0, 0.1) is 20.8 Å². The van der Waals surface area contributed by atoms with Gasteiger partial charge in [-0.05, 0) is 63.6 Å². The number of ether oxygens (including phenoxy) is 1. The van der Waals surface area contributed by atoms with Gasteiger partial charge in [0.1, 0.15) is 11.5 Å². The summed E-state index contributed by atoms with van der Waals surface area (Å²) in [5, 5.41) is 19.5. The van der Waals surface area contributed by atoms with Gasteiger partial charge in [-0.1, -0.05) is 0 Å². The highest BCUT2D eigenvalue weighted by molar-refractivity contribution is 5.78. The minimum atomic E-state index is -1.19. The maximum absolute atomic E-state index is 11.4.